The Morgan fingerprint density at radius 3 is 1.94 bits per heavy atom. The molecule has 0 aromatic rings. The van der Waals surface area contributed by atoms with Crippen molar-refractivity contribution >= 4 is 11.8 Å². The van der Waals surface area contributed by atoms with E-state index in [2.05, 4.69) is 20.8 Å². The number of hydrogen-bond acceptors (Lipinski definition) is 5. The second kappa shape index (κ2) is 20.4. The fourth-order valence-electron chi connectivity index (χ4n) is 3.49. The largest absolute Gasteiger partial charge is 0.466 e. The van der Waals surface area contributed by atoms with Crippen molar-refractivity contribution < 1.29 is 24.5 Å². The Bertz CT molecular complexity index is 485. The number of Topliss-reactive ketones (excluding diaryl/α,β-unsaturated/α-hetero) is 1. The number of carbonyl (C=O) groups excluding carboxylic acids is 2. The molecule has 0 amide bonds. The molecule has 0 aromatic carbocycles. The molecular formula is C28H56O5. The minimum absolute atomic E-state index is 0.0703. The summed E-state index contributed by atoms with van der Waals surface area (Å²) in [7, 11) is 0. The van der Waals surface area contributed by atoms with E-state index >= 15 is 0 Å². The van der Waals surface area contributed by atoms with Crippen LogP contribution >= 0.6 is 0 Å². The SMILES string of the molecule is CCCCC(O)CCCCCC(C)(C)CO.CCOC(=O)C(C)(C)CCCCCC(=O)CC. The monoisotopic (exact) mass is 472 g/mol. The summed E-state index contributed by atoms with van der Waals surface area (Å²) in [6, 6.07) is 0. The molecule has 0 aliphatic rings. The van der Waals surface area contributed by atoms with Crippen LogP contribution in [0, 0.1) is 10.8 Å². The molecule has 0 fully saturated rings. The van der Waals surface area contributed by atoms with Gasteiger partial charge in [-0.1, -0.05) is 72.6 Å². The summed E-state index contributed by atoms with van der Waals surface area (Å²) in [5.41, 5.74) is -0.328. The molecule has 5 heteroatoms. The number of ketones is 1. The van der Waals surface area contributed by atoms with Gasteiger partial charge in [-0.05, 0) is 58.3 Å². The van der Waals surface area contributed by atoms with Gasteiger partial charge in [0.15, 0.2) is 0 Å². The van der Waals surface area contributed by atoms with Crippen molar-refractivity contribution in [1.29, 1.82) is 0 Å². The van der Waals surface area contributed by atoms with Crippen molar-refractivity contribution in [1.82, 2.24) is 0 Å². The minimum Gasteiger partial charge on any atom is -0.466 e. The van der Waals surface area contributed by atoms with Crippen LogP contribution in [0.3, 0.4) is 0 Å². The first-order valence-corrected chi connectivity index (χ1v) is 13.4. The topological polar surface area (TPSA) is 83.8 Å². The maximum atomic E-state index is 11.6. The molecule has 0 rings (SSSR count). The van der Waals surface area contributed by atoms with Gasteiger partial charge in [0, 0.05) is 19.4 Å². The lowest BCUT2D eigenvalue weighted by molar-refractivity contribution is -0.153. The number of unbranched alkanes of at least 4 members (excludes halogenated alkanes) is 5. The summed E-state index contributed by atoms with van der Waals surface area (Å²) in [6.45, 7) is 14.6. The highest BCUT2D eigenvalue weighted by Gasteiger charge is 2.28. The third kappa shape index (κ3) is 21.3. The van der Waals surface area contributed by atoms with Crippen molar-refractivity contribution in [3.05, 3.63) is 0 Å². The Labute approximate surface area is 205 Å². The van der Waals surface area contributed by atoms with Crippen LogP contribution in [0.2, 0.25) is 0 Å². The summed E-state index contributed by atoms with van der Waals surface area (Å²) in [6.07, 6.45) is 13.7. The first-order valence-electron chi connectivity index (χ1n) is 13.4. The third-order valence-corrected chi connectivity index (χ3v) is 6.19. The predicted octanol–water partition coefficient (Wildman–Crippen LogP) is 7.01. The molecule has 0 bridgehead atoms. The quantitative estimate of drug-likeness (QED) is 0.156. The van der Waals surface area contributed by atoms with E-state index in [-0.39, 0.29) is 24.1 Å². The zero-order valence-electron chi connectivity index (χ0n) is 23.0. The number of rotatable bonds is 19. The molecule has 0 saturated carbocycles. The summed E-state index contributed by atoms with van der Waals surface area (Å²) in [5.74, 6) is 0.208. The first kappa shape index (κ1) is 34.2. The number of carbonyl (C=O) groups is 2. The molecular weight excluding hydrogens is 416 g/mol. The van der Waals surface area contributed by atoms with Gasteiger partial charge in [0.25, 0.3) is 0 Å². The van der Waals surface area contributed by atoms with Crippen LogP contribution in [0.1, 0.15) is 138 Å². The van der Waals surface area contributed by atoms with Gasteiger partial charge < -0.3 is 14.9 Å². The highest BCUT2D eigenvalue weighted by Crippen LogP contribution is 2.26. The lowest BCUT2D eigenvalue weighted by Gasteiger charge is -2.21. The van der Waals surface area contributed by atoms with E-state index in [4.69, 9.17) is 9.84 Å². The molecule has 1 unspecified atom stereocenters. The standard InChI is InChI=1S/C14H26O3.C14H30O2/c1-5-12(15)10-8-7-9-11-14(3,4)13(16)17-6-2;1-4-5-9-13(16)10-7-6-8-11-14(2,3)12-15/h5-11H2,1-4H3;13,15-16H,4-12H2,1-3H3. The molecule has 0 heterocycles. The minimum atomic E-state index is -0.398. The average Bonchev–Trinajstić information content (AvgIpc) is 2.77. The Morgan fingerprint density at radius 2 is 1.39 bits per heavy atom. The Balaban J connectivity index is 0. The molecule has 5 nitrogen and oxygen atoms in total. The molecule has 33 heavy (non-hydrogen) atoms. The van der Waals surface area contributed by atoms with Crippen molar-refractivity contribution in [3.8, 4) is 0 Å². The number of esters is 1. The van der Waals surface area contributed by atoms with Gasteiger partial charge in [-0.2, -0.15) is 0 Å². The van der Waals surface area contributed by atoms with Crippen molar-refractivity contribution in [3.63, 3.8) is 0 Å². The van der Waals surface area contributed by atoms with E-state index in [1.54, 1.807) is 0 Å². The van der Waals surface area contributed by atoms with Crippen LogP contribution in [-0.2, 0) is 14.3 Å². The number of aliphatic hydroxyl groups is 2. The zero-order chi connectivity index (χ0) is 25.8. The molecule has 0 aliphatic carbocycles. The number of ether oxygens (including phenoxy) is 1. The van der Waals surface area contributed by atoms with Gasteiger partial charge in [-0.15, -0.1) is 0 Å². The molecule has 1 atom stereocenters. The van der Waals surface area contributed by atoms with Crippen molar-refractivity contribution in [2.24, 2.45) is 10.8 Å². The third-order valence-electron chi connectivity index (χ3n) is 6.19. The Hall–Kier alpha value is -0.940. The van der Waals surface area contributed by atoms with Crippen LogP contribution < -0.4 is 0 Å². The van der Waals surface area contributed by atoms with Crippen LogP contribution in [0.5, 0.6) is 0 Å². The maximum absolute atomic E-state index is 11.6. The summed E-state index contributed by atoms with van der Waals surface area (Å²) < 4.78 is 5.03. The van der Waals surface area contributed by atoms with Crippen molar-refractivity contribution in [2.45, 2.75) is 144 Å². The van der Waals surface area contributed by atoms with E-state index in [0.29, 0.717) is 25.2 Å². The van der Waals surface area contributed by atoms with Gasteiger partial charge in [0.2, 0.25) is 0 Å². The lowest BCUT2D eigenvalue weighted by atomic mass is 9.87. The van der Waals surface area contributed by atoms with E-state index in [1.165, 1.54) is 12.8 Å². The van der Waals surface area contributed by atoms with Gasteiger partial charge in [-0.3, -0.25) is 9.59 Å². The Kier molecular flexibility index (Phi) is 21.2. The van der Waals surface area contributed by atoms with Gasteiger partial charge in [-0.25, -0.2) is 0 Å². The predicted molar refractivity (Wildman–Crippen MR) is 138 cm³/mol. The van der Waals surface area contributed by atoms with Gasteiger partial charge in [0.05, 0.1) is 18.1 Å². The molecule has 2 N–H and O–H groups in total. The molecule has 0 aliphatic heterocycles. The molecule has 0 saturated heterocycles. The normalized spacial score (nSPS) is 12.6. The first-order chi connectivity index (χ1) is 15.5. The Morgan fingerprint density at radius 1 is 0.818 bits per heavy atom. The fraction of sp³-hybridized carbons (Fsp3) is 0.929. The second-order valence-corrected chi connectivity index (χ2v) is 10.8. The summed E-state index contributed by atoms with van der Waals surface area (Å²) in [5, 5.41) is 18.7. The summed E-state index contributed by atoms with van der Waals surface area (Å²) in [4.78, 5) is 22.7. The van der Waals surface area contributed by atoms with Crippen LogP contribution in [0.4, 0.5) is 0 Å². The van der Waals surface area contributed by atoms with Crippen LogP contribution in [0.25, 0.3) is 0 Å². The molecule has 198 valence electrons. The second-order valence-electron chi connectivity index (χ2n) is 10.8. The maximum Gasteiger partial charge on any atom is 0.311 e. The molecule has 0 spiro atoms. The van der Waals surface area contributed by atoms with Gasteiger partial charge in [0.1, 0.15) is 5.78 Å². The van der Waals surface area contributed by atoms with Crippen LogP contribution in [0.15, 0.2) is 0 Å². The van der Waals surface area contributed by atoms with Crippen LogP contribution in [-0.4, -0.2) is 41.3 Å². The summed E-state index contributed by atoms with van der Waals surface area (Å²) >= 11 is 0. The van der Waals surface area contributed by atoms with E-state index < -0.39 is 5.41 Å². The highest BCUT2D eigenvalue weighted by atomic mass is 16.5. The molecule has 0 aromatic heterocycles. The van der Waals surface area contributed by atoms with E-state index in [0.717, 1.165) is 64.2 Å². The van der Waals surface area contributed by atoms with E-state index in [1.807, 2.05) is 27.7 Å². The zero-order valence-corrected chi connectivity index (χ0v) is 23.0. The smallest absolute Gasteiger partial charge is 0.311 e. The number of aliphatic hydroxyl groups excluding tert-OH is 2. The lowest BCUT2D eigenvalue weighted by Crippen LogP contribution is -2.26. The fourth-order valence-corrected chi connectivity index (χ4v) is 3.49. The van der Waals surface area contributed by atoms with E-state index in [9.17, 15) is 14.7 Å². The van der Waals surface area contributed by atoms with Crippen molar-refractivity contribution in [2.75, 3.05) is 13.2 Å². The highest BCUT2D eigenvalue weighted by molar-refractivity contribution is 5.77. The molecule has 0 radical (unpaired) electrons. The van der Waals surface area contributed by atoms with Gasteiger partial charge >= 0.3 is 5.97 Å². The number of hydrogen-bond donors (Lipinski definition) is 2. The average molecular weight is 473 g/mol.